The first-order valence-electron chi connectivity index (χ1n) is 7.21. The minimum Gasteiger partial charge on any atom is -0.364 e. The quantitative estimate of drug-likeness (QED) is 0.673. The highest BCUT2D eigenvalue weighted by Gasteiger charge is 2.35. The van der Waals surface area contributed by atoms with Gasteiger partial charge < -0.3 is 10.2 Å². The van der Waals surface area contributed by atoms with Gasteiger partial charge in [0.05, 0.1) is 10.5 Å². The standard InChI is InChI=1S/C14H16F3N3O2/c15-14(16,17)9-1-4-12(13(7-9)20(21)22)19-6-5-10-2-3-11(8-19)18-10/h1,4,7,10-11,18H,2-3,5-6,8H2. The molecule has 1 aromatic rings. The molecule has 2 saturated heterocycles. The predicted molar refractivity (Wildman–Crippen MR) is 74.9 cm³/mol. The zero-order valence-corrected chi connectivity index (χ0v) is 11.8. The van der Waals surface area contributed by atoms with Gasteiger partial charge in [0.15, 0.2) is 0 Å². The molecule has 0 spiro atoms. The fraction of sp³-hybridized carbons (Fsp3) is 0.571. The van der Waals surface area contributed by atoms with Gasteiger partial charge in [0.25, 0.3) is 5.69 Å². The van der Waals surface area contributed by atoms with E-state index in [0.717, 1.165) is 25.3 Å². The second-order valence-electron chi connectivity index (χ2n) is 5.83. The second-order valence-corrected chi connectivity index (χ2v) is 5.83. The van der Waals surface area contributed by atoms with Gasteiger partial charge in [0, 0.05) is 31.2 Å². The number of alkyl halides is 3. The number of halogens is 3. The molecule has 2 aliphatic heterocycles. The number of nitrogens with one attached hydrogen (secondary N) is 1. The lowest BCUT2D eigenvalue weighted by molar-refractivity contribution is -0.384. The Morgan fingerprint density at radius 2 is 1.95 bits per heavy atom. The highest BCUT2D eigenvalue weighted by Crippen LogP contribution is 2.37. The highest BCUT2D eigenvalue weighted by molar-refractivity contribution is 5.65. The van der Waals surface area contributed by atoms with Crippen molar-refractivity contribution >= 4 is 11.4 Å². The predicted octanol–water partition coefficient (Wildman–Crippen LogP) is 2.94. The van der Waals surface area contributed by atoms with Crippen LogP contribution in [0.5, 0.6) is 0 Å². The Labute approximate surface area is 125 Å². The number of hydrogen-bond acceptors (Lipinski definition) is 4. The van der Waals surface area contributed by atoms with Crippen molar-refractivity contribution in [2.75, 3.05) is 18.0 Å². The summed E-state index contributed by atoms with van der Waals surface area (Å²) in [6.45, 7) is 1.20. The molecule has 5 nitrogen and oxygen atoms in total. The zero-order valence-electron chi connectivity index (χ0n) is 11.8. The summed E-state index contributed by atoms with van der Waals surface area (Å²) in [5, 5.41) is 14.6. The number of benzene rings is 1. The lowest BCUT2D eigenvalue weighted by Gasteiger charge is -2.26. The number of nitro groups is 1. The number of rotatable bonds is 2. The Balaban J connectivity index is 1.94. The van der Waals surface area contributed by atoms with Crippen LogP contribution in [0.3, 0.4) is 0 Å². The summed E-state index contributed by atoms with van der Waals surface area (Å²) in [6, 6.07) is 3.42. The molecule has 0 saturated carbocycles. The highest BCUT2D eigenvalue weighted by atomic mass is 19.4. The van der Waals surface area contributed by atoms with Crippen molar-refractivity contribution in [2.45, 2.75) is 37.5 Å². The monoisotopic (exact) mass is 315 g/mol. The molecule has 2 atom stereocenters. The third kappa shape index (κ3) is 2.87. The molecule has 2 bridgehead atoms. The van der Waals surface area contributed by atoms with Gasteiger partial charge in [0.2, 0.25) is 0 Å². The van der Waals surface area contributed by atoms with E-state index in [1.165, 1.54) is 6.07 Å². The average molecular weight is 315 g/mol. The fourth-order valence-corrected chi connectivity index (χ4v) is 3.28. The molecule has 3 rings (SSSR count). The molecule has 1 N–H and O–H groups in total. The molecule has 0 radical (unpaired) electrons. The average Bonchev–Trinajstić information content (AvgIpc) is 2.76. The minimum atomic E-state index is -4.58. The van der Waals surface area contributed by atoms with Crippen molar-refractivity contribution in [3.8, 4) is 0 Å². The third-order valence-corrected chi connectivity index (χ3v) is 4.36. The smallest absolute Gasteiger partial charge is 0.364 e. The SMILES string of the molecule is O=[N+]([O-])c1cc(C(F)(F)F)ccc1N1CCC2CCC(C1)N2. The molecular formula is C14H16F3N3O2. The second kappa shape index (κ2) is 5.42. The van der Waals surface area contributed by atoms with Crippen LogP contribution < -0.4 is 10.2 Å². The molecule has 22 heavy (non-hydrogen) atoms. The maximum Gasteiger partial charge on any atom is 0.416 e. The van der Waals surface area contributed by atoms with Crippen LogP contribution in [0.15, 0.2) is 18.2 Å². The minimum absolute atomic E-state index is 0.245. The molecule has 2 heterocycles. The Morgan fingerprint density at radius 3 is 2.64 bits per heavy atom. The van der Waals surface area contributed by atoms with E-state index in [9.17, 15) is 23.3 Å². The summed E-state index contributed by atoms with van der Waals surface area (Å²) in [5.74, 6) is 0. The molecule has 8 heteroatoms. The van der Waals surface area contributed by atoms with Gasteiger partial charge >= 0.3 is 6.18 Å². The first-order chi connectivity index (χ1) is 10.3. The van der Waals surface area contributed by atoms with E-state index in [1.54, 1.807) is 0 Å². The maximum atomic E-state index is 12.7. The summed E-state index contributed by atoms with van der Waals surface area (Å²) in [4.78, 5) is 12.3. The van der Waals surface area contributed by atoms with Crippen molar-refractivity contribution in [1.82, 2.24) is 5.32 Å². The number of nitrogens with zero attached hydrogens (tertiary/aromatic N) is 2. The van der Waals surface area contributed by atoms with Crippen molar-refractivity contribution in [3.63, 3.8) is 0 Å². The summed E-state index contributed by atoms with van der Waals surface area (Å²) in [7, 11) is 0. The molecule has 0 amide bonds. The first-order valence-corrected chi connectivity index (χ1v) is 7.21. The van der Waals surface area contributed by atoms with Gasteiger partial charge in [-0.1, -0.05) is 0 Å². The lowest BCUT2D eigenvalue weighted by Crippen LogP contribution is -2.35. The van der Waals surface area contributed by atoms with Gasteiger partial charge in [-0.05, 0) is 31.4 Å². The van der Waals surface area contributed by atoms with Crippen LogP contribution in [0.1, 0.15) is 24.8 Å². The number of anilines is 1. The summed E-state index contributed by atoms with van der Waals surface area (Å²) >= 11 is 0. The molecule has 0 aliphatic carbocycles. The Kier molecular flexibility index (Phi) is 3.72. The number of nitro benzene ring substituents is 1. The van der Waals surface area contributed by atoms with E-state index >= 15 is 0 Å². The van der Waals surface area contributed by atoms with Crippen LogP contribution in [0.4, 0.5) is 24.5 Å². The molecule has 0 aromatic heterocycles. The van der Waals surface area contributed by atoms with E-state index in [1.807, 2.05) is 4.90 Å². The van der Waals surface area contributed by atoms with E-state index in [2.05, 4.69) is 5.32 Å². The van der Waals surface area contributed by atoms with Gasteiger partial charge in [-0.2, -0.15) is 13.2 Å². The van der Waals surface area contributed by atoms with Crippen molar-refractivity contribution in [3.05, 3.63) is 33.9 Å². The van der Waals surface area contributed by atoms with E-state index in [0.29, 0.717) is 25.2 Å². The molecule has 1 aromatic carbocycles. The Bertz CT molecular complexity index is 591. The Hall–Kier alpha value is -1.83. The van der Waals surface area contributed by atoms with Crippen LogP contribution in [0.25, 0.3) is 0 Å². The summed E-state index contributed by atoms with van der Waals surface area (Å²) < 4.78 is 38.2. The third-order valence-electron chi connectivity index (χ3n) is 4.36. The largest absolute Gasteiger partial charge is 0.416 e. The van der Waals surface area contributed by atoms with E-state index < -0.39 is 22.4 Å². The van der Waals surface area contributed by atoms with Crippen LogP contribution in [-0.2, 0) is 6.18 Å². The fourth-order valence-electron chi connectivity index (χ4n) is 3.28. The van der Waals surface area contributed by atoms with E-state index in [4.69, 9.17) is 0 Å². The Morgan fingerprint density at radius 1 is 1.23 bits per heavy atom. The van der Waals surface area contributed by atoms with Crippen molar-refractivity contribution in [2.24, 2.45) is 0 Å². The van der Waals surface area contributed by atoms with Crippen molar-refractivity contribution < 1.29 is 18.1 Å². The molecule has 2 aliphatic rings. The summed E-state index contributed by atoms with van der Waals surface area (Å²) in [5.41, 5.74) is -1.20. The number of fused-ring (bicyclic) bond motifs is 2. The van der Waals surface area contributed by atoms with Crippen molar-refractivity contribution in [1.29, 1.82) is 0 Å². The molecular weight excluding hydrogens is 299 g/mol. The normalized spacial score (nSPS) is 25.1. The molecule has 2 fully saturated rings. The first kappa shape index (κ1) is 15.1. The number of hydrogen-bond donors (Lipinski definition) is 1. The van der Waals surface area contributed by atoms with Gasteiger partial charge in [0.1, 0.15) is 5.69 Å². The van der Waals surface area contributed by atoms with Gasteiger partial charge in [-0.15, -0.1) is 0 Å². The topological polar surface area (TPSA) is 58.4 Å². The zero-order chi connectivity index (χ0) is 15.9. The van der Waals surface area contributed by atoms with Crippen LogP contribution in [0, 0.1) is 10.1 Å². The van der Waals surface area contributed by atoms with E-state index in [-0.39, 0.29) is 11.7 Å². The molecule has 2 unspecified atom stereocenters. The maximum absolute atomic E-state index is 12.7. The molecule has 120 valence electrons. The summed E-state index contributed by atoms with van der Waals surface area (Å²) in [6.07, 6.45) is -1.65. The van der Waals surface area contributed by atoms with Crippen LogP contribution in [-0.4, -0.2) is 30.1 Å². The van der Waals surface area contributed by atoms with Crippen LogP contribution in [0.2, 0.25) is 0 Å². The van der Waals surface area contributed by atoms with Crippen LogP contribution >= 0.6 is 0 Å². The van der Waals surface area contributed by atoms with Gasteiger partial charge in [-0.25, -0.2) is 0 Å². The van der Waals surface area contributed by atoms with Gasteiger partial charge in [-0.3, -0.25) is 10.1 Å². The lowest BCUT2D eigenvalue weighted by atomic mass is 10.1.